The lowest BCUT2D eigenvalue weighted by Crippen LogP contribution is -2.21. The molecule has 0 atom stereocenters. The maximum absolute atomic E-state index is 11.1. The Balaban J connectivity index is 1.82. The van der Waals surface area contributed by atoms with Gasteiger partial charge in [-0.25, -0.2) is 19.7 Å². The van der Waals surface area contributed by atoms with E-state index in [1.165, 1.54) is 0 Å². The third-order valence-electron chi connectivity index (χ3n) is 4.05. The maximum atomic E-state index is 11.1. The highest BCUT2D eigenvalue weighted by Gasteiger charge is 2.22. The summed E-state index contributed by atoms with van der Waals surface area (Å²) in [6.45, 7) is 3.58. The summed E-state index contributed by atoms with van der Waals surface area (Å²) < 4.78 is 12.2. The molecule has 120 valence electrons. The van der Waals surface area contributed by atoms with E-state index < -0.39 is 5.76 Å². The minimum atomic E-state index is -0.634. The summed E-state index contributed by atoms with van der Waals surface area (Å²) in [5.74, 6) is 0.843. The third-order valence-corrected chi connectivity index (χ3v) is 4.05. The molecule has 1 aliphatic heterocycles. The highest BCUT2D eigenvalue weighted by atomic mass is 16.5. The van der Waals surface area contributed by atoms with Crippen molar-refractivity contribution >= 4 is 11.2 Å². The quantitative estimate of drug-likeness (QED) is 0.769. The summed E-state index contributed by atoms with van der Waals surface area (Å²) >= 11 is 0. The van der Waals surface area contributed by atoms with Crippen LogP contribution in [0.4, 0.5) is 0 Å². The van der Waals surface area contributed by atoms with Gasteiger partial charge in [0.1, 0.15) is 11.3 Å². The molecule has 0 saturated carbocycles. The van der Waals surface area contributed by atoms with Crippen LogP contribution in [0, 0.1) is 0 Å². The molecule has 0 spiro atoms. The number of aromatic amines is 1. The van der Waals surface area contributed by atoms with Crippen molar-refractivity contribution < 1.29 is 9.26 Å². The topological polar surface area (TPSA) is 112 Å². The van der Waals surface area contributed by atoms with Gasteiger partial charge in [-0.05, 0) is 12.8 Å². The van der Waals surface area contributed by atoms with Gasteiger partial charge >= 0.3 is 5.76 Å². The van der Waals surface area contributed by atoms with Crippen molar-refractivity contribution in [1.82, 2.24) is 29.7 Å². The molecule has 1 aliphatic rings. The second-order valence-corrected chi connectivity index (χ2v) is 5.44. The lowest BCUT2D eigenvalue weighted by molar-refractivity contribution is 0.0699. The number of hydrogen-bond donors (Lipinski definition) is 1. The Labute approximate surface area is 130 Å². The average molecular weight is 316 g/mol. The number of H-pyrrole nitrogens is 1. The summed E-state index contributed by atoms with van der Waals surface area (Å²) in [7, 11) is 0. The number of aromatic nitrogens is 6. The van der Waals surface area contributed by atoms with Crippen LogP contribution in [-0.2, 0) is 11.2 Å². The zero-order chi connectivity index (χ0) is 15.8. The van der Waals surface area contributed by atoms with Gasteiger partial charge in [-0.2, -0.15) is 0 Å². The third kappa shape index (κ3) is 2.42. The number of nitrogens with one attached hydrogen (secondary N) is 1. The SMILES string of the molecule is CCc1nc2nc(-c3noc(=O)[nH]3)ncc2n1C1CCOCC1. The van der Waals surface area contributed by atoms with Crippen LogP contribution in [0.25, 0.3) is 22.8 Å². The summed E-state index contributed by atoms with van der Waals surface area (Å²) in [5, 5.41) is 3.61. The second kappa shape index (κ2) is 5.58. The zero-order valence-corrected chi connectivity index (χ0v) is 12.7. The molecule has 9 heteroatoms. The zero-order valence-electron chi connectivity index (χ0n) is 12.7. The molecule has 1 saturated heterocycles. The van der Waals surface area contributed by atoms with Gasteiger partial charge in [-0.15, -0.1) is 0 Å². The van der Waals surface area contributed by atoms with E-state index >= 15 is 0 Å². The minimum Gasteiger partial charge on any atom is -0.381 e. The Kier molecular flexibility index (Phi) is 3.41. The molecule has 23 heavy (non-hydrogen) atoms. The van der Waals surface area contributed by atoms with Crippen LogP contribution < -0.4 is 5.76 Å². The van der Waals surface area contributed by atoms with E-state index in [0.717, 1.165) is 43.8 Å². The molecule has 0 aromatic carbocycles. The van der Waals surface area contributed by atoms with Crippen LogP contribution in [0.3, 0.4) is 0 Å². The van der Waals surface area contributed by atoms with Crippen LogP contribution in [0.2, 0.25) is 0 Å². The van der Waals surface area contributed by atoms with Crippen LogP contribution in [0.1, 0.15) is 31.6 Å². The Hall–Kier alpha value is -2.55. The van der Waals surface area contributed by atoms with Gasteiger partial charge in [0.15, 0.2) is 5.65 Å². The van der Waals surface area contributed by atoms with E-state index in [2.05, 4.69) is 41.1 Å². The fraction of sp³-hybridized carbons (Fsp3) is 0.500. The molecule has 3 aromatic rings. The number of ether oxygens (including phenoxy) is 1. The summed E-state index contributed by atoms with van der Waals surface area (Å²) in [4.78, 5) is 26.8. The normalized spacial score (nSPS) is 16.2. The predicted octanol–water partition coefficient (Wildman–Crippen LogP) is 1.08. The molecular formula is C14H16N6O3. The van der Waals surface area contributed by atoms with Crippen LogP contribution in [0.15, 0.2) is 15.5 Å². The summed E-state index contributed by atoms with van der Waals surface area (Å²) in [6, 6.07) is 0.352. The average Bonchev–Trinajstić information content (AvgIpc) is 3.18. The summed E-state index contributed by atoms with van der Waals surface area (Å²) in [6.07, 6.45) is 4.45. The van der Waals surface area contributed by atoms with Crippen molar-refractivity contribution in [3.63, 3.8) is 0 Å². The molecule has 1 fully saturated rings. The number of hydrogen-bond acceptors (Lipinski definition) is 7. The Morgan fingerprint density at radius 2 is 2.17 bits per heavy atom. The second-order valence-electron chi connectivity index (χ2n) is 5.44. The first-order chi connectivity index (χ1) is 11.3. The largest absolute Gasteiger partial charge is 0.439 e. The molecule has 4 heterocycles. The van der Waals surface area contributed by atoms with Crippen molar-refractivity contribution in [2.45, 2.75) is 32.2 Å². The maximum Gasteiger partial charge on any atom is 0.439 e. The number of aryl methyl sites for hydroxylation is 1. The molecular weight excluding hydrogens is 300 g/mol. The fourth-order valence-corrected chi connectivity index (χ4v) is 2.97. The predicted molar refractivity (Wildman–Crippen MR) is 79.9 cm³/mol. The van der Waals surface area contributed by atoms with Gasteiger partial charge in [0.05, 0.1) is 6.20 Å². The first kappa shape index (κ1) is 14.1. The molecule has 9 nitrogen and oxygen atoms in total. The van der Waals surface area contributed by atoms with E-state index in [0.29, 0.717) is 17.5 Å². The smallest absolute Gasteiger partial charge is 0.381 e. The van der Waals surface area contributed by atoms with Crippen molar-refractivity contribution in [2.75, 3.05) is 13.2 Å². The Morgan fingerprint density at radius 1 is 1.35 bits per heavy atom. The minimum absolute atomic E-state index is 0.204. The number of imidazole rings is 1. The Morgan fingerprint density at radius 3 is 2.87 bits per heavy atom. The highest BCUT2D eigenvalue weighted by molar-refractivity contribution is 5.72. The fourth-order valence-electron chi connectivity index (χ4n) is 2.97. The molecule has 0 unspecified atom stereocenters. The molecule has 4 rings (SSSR count). The van der Waals surface area contributed by atoms with E-state index in [4.69, 9.17) is 4.74 Å². The van der Waals surface area contributed by atoms with Crippen molar-refractivity contribution in [1.29, 1.82) is 0 Å². The number of rotatable bonds is 3. The van der Waals surface area contributed by atoms with Crippen LogP contribution >= 0.6 is 0 Å². The highest BCUT2D eigenvalue weighted by Crippen LogP contribution is 2.28. The number of fused-ring (bicyclic) bond motifs is 1. The molecule has 0 radical (unpaired) electrons. The van der Waals surface area contributed by atoms with E-state index in [9.17, 15) is 4.79 Å². The molecule has 0 aliphatic carbocycles. The lowest BCUT2D eigenvalue weighted by atomic mass is 10.1. The van der Waals surface area contributed by atoms with Gasteiger partial charge in [-0.1, -0.05) is 12.1 Å². The van der Waals surface area contributed by atoms with E-state index in [-0.39, 0.29) is 5.82 Å². The van der Waals surface area contributed by atoms with Gasteiger partial charge in [0, 0.05) is 25.7 Å². The first-order valence-corrected chi connectivity index (χ1v) is 7.64. The van der Waals surface area contributed by atoms with Gasteiger partial charge in [0.25, 0.3) is 0 Å². The lowest BCUT2D eigenvalue weighted by Gasteiger charge is -2.25. The summed E-state index contributed by atoms with van der Waals surface area (Å²) in [5.41, 5.74) is 1.49. The van der Waals surface area contributed by atoms with Gasteiger partial charge < -0.3 is 9.30 Å². The molecule has 0 bridgehead atoms. The van der Waals surface area contributed by atoms with Crippen LogP contribution in [0.5, 0.6) is 0 Å². The first-order valence-electron chi connectivity index (χ1n) is 7.64. The molecule has 3 aromatic heterocycles. The number of nitrogens with zero attached hydrogens (tertiary/aromatic N) is 5. The van der Waals surface area contributed by atoms with E-state index in [1.807, 2.05) is 0 Å². The standard InChI is InChI=1S/C14H16N6O3/c1-2-10-16-11-9(20(10)8-3-5-22-6-4-8)7-15-12(17-11)13-18-14(21)23-19-13/h7-8H,2-6H2,1H3,(H,18,19,21). The van der Waals surface area contributed by atoms with E-state index in [1.54, 1.807) is 6.20 Å². The molecule has 0 amide bonds. The molecule has 1 N–H and O–H groups in total. The van der Waals surface area contributed by atoms with Crippen LogP contribution in [-0.4, -0.2) is 42.9 Å². The van der Waals surface area contributed by atoms with Gasteiger partial charge in [-0.3, -0.25) is 9.51 Å². The van der Waals surface area contributed by atoms with Crippen molar-refractivity contribution in [2.24, 2.45) is 0 Å². The monoisotopic (exact) mass is 316 g/mol. The Bertz CT molecular complexity index is 889. The van der Waals surface area contributed by atoms with Gasteiger partial charge in [0.2, 0.25) is 11.6 Å². The van der Waals surface area contributed by atoms with Crippen molar-refractivity contribution in [3.05, 3.63) is 22.6 Å². The van der Waals surface area contributed by atoms with Crippen molar-refractivity contribution in [3.8, 4) is 11.6 Å².